The third-order valence-electron chi connectivity index (χ3n) is 3.74. The minimum atomic E-state index is -1.80. The molecule has 0 aliphatic heterocycles. The van der Waals surface area contributed by atoms with E-state index in [1.165, 1.54) is 18.2 Å². The van der Waals surface area contributed by atoms with Crippen molar-refractivity contribution in [3.8, 4) is 5.75 Å². The summed E-state index contributed by atoms with van der Waals surface area (Å²) < 4.78 is 4.94. The van der Waals surface area contributed by atoms with E-state index in [4.69, 9.17) is 15.6 Å². The summed E-state index contributed by atoms with van der Waals surface area (Å²) in [7, 11) is 0. The Morgan fingerprint density at radius 1 is 1.31 bits per heavy atom. The Bertz CT molecular complexity index is 675. The van der Waals surface area contributed by atoms with Crippen molar-refractivity contribution in [1.82, 2.24) is 5.32 Å². The van der Waals surface area contributed by atoms with Gasteiger partial charge >= 0.3 is 11.9 Å². The van der Waals surface area contributed by atoms with Gasteiger partial charge in [-0.05, 0) is 24.6 Å². The van der Waals surface area contributed by atoms with E-state index in [-0.39, 0.29) is 41.7 Å². The summed E-state index contributed by atoms with van der Waals surface area (Å²) in [6.07, 6.45) is 0.317. The molecule has 0 spiro atoms. The molecular weight excluding hydrogens is 344 g/mol. The molecule has 0 radical (unpaired) electrons. The smallest absolute Gasteiger partial charge is 0.419 e. The van der Waals surface area contributed by atoms with Gasteiger partial charge in [-0.2, -0.15) is 0 Å². The monoisotopic (exact) mass is 368 g/mol. The maximum absolute atomic E-state index is 11.6. The highest BCUT2D eigenvalue weighted by Gasteiger charge is 2.34. The first-order chi connectivity index (χ1) is 12.1. The van der Waals surface area contributed by atoms with E-state index in [1.54, 1.807) is 13.8 Å². The van der Waals surface area contributed by atoms with Gasteiger partial charge in [0.25, 0.3) is 0 Å². The lowest BCUT2D eigenvalue weighted by Crippen LogP contribution is -2.44. The number of aromatic hydroxyl groups is 1. The average Bonchev–Trinajstić information content (AvgIpc) is 2.58. The molecule has 0 heterocycles. The van der Waals surface area contributed by atoms with Crippen LogP contribution in [0.1, 0.15) is 37.8 Å². The number of aliphatic hydroxyl groups excluding tert-OH is 1. The Morgan fingerprint density at radius 2 is 1.96 bits per heavy atom. The molecule has 0 bridgehead atoms. The van der Waals surface area contributed by atoms with Crippen molar-refractivity contribution in [2.24, 2.45) is 11.7 Å². The highest BCUT2D eigenvalue weighted by atomic mass is 16.6. The zero-order valence-electron chi connectivity index (χ0n) is 14.7. The Labute approximate surface area is 150 Å². The number of aliphatic hydroxyl groups is 1. The highest BCUT2D eigenvalue weighted by molar-refractivity contribution is 6.28. The van der Waals surface area contributed by atoms with Crippen LogP contribution in [0.5, 0.6) is 5.75 Å². The molecule has 1 unspecified atom stereocenters. The van der Waals surface area contributed by atoms with E-state index in [9.17, 15) is 24.6 Å². The van der Waals surface area contributed by atoms with E-state index in [2.05, 4.69) is 5.32 Å². The fourth-order valence-corrected chi connectivity index (χ4v) is 2.21. The lowest BCUT2D eigenvalue weighted by molar-refractivity contribution is -0.176. The molecule has 1 rings (SSSR count). The van der Waals surface area contributed by atoms with Crippen LogP contribution in [0, 0.1) is 5.92 Å². The van der Waals surface area contributed by atoms with Gasteiger partial charge in [0.15, 0.2) is 5.72 Å². The minimum absolute atomic E-state index is 0.0139. The number of ether oxygens (including phenoxy) is 1. The molecule has 1 aromatic rings. The van der Waals surface area contributed by atoms with E-state index >= 15 is 0 Å². The van der Waals surface area contributed by atoms with Crippen LogP contribution < -0.4 is 11.1 Å². The summed E-state index contributed by atoms with van der Waals surface area (Å²) in [5.74, 6) is -3.84. The number of nitrogens with one attached hydrogen (secondary N) is 1. The summed E-state index contributed by atoms with van der Waals surface area (Å²) in [4.78, 5) is 33.9. The van der Waals surface area contributed by atoms with Gasteiger partial charge in [0.1, 0.15) is 5.75 Å². The van der Waals surface area contributed by atoms with E-state index in [1.807, 2.05) is 0 Å². The van der Waals surface area contributed by atoms with Crippen LogP contribution >= 0.6 is 0 Å². The molecule has 0 fully saturated rings. The third kappa shape index (κ3) is 5.71. The number of aliphatic carboxylic acids is 1. The van der Waals surface area contributed by atoms with Crippen LogP contribution in [0.2, 0.25) is 0 Å². The zero-order chi connectivity index (χ0) is 19.9. The van der Waals surface area contributed by atoms with Gasteiger partial charge < -0.3 is 25.4 Å². The summed E-state index contributed by atoms with van der Waals surface area (Å²) in [6, 6.07) is 3.96. The maximum atomic E-state index is 11.6. The number of carbonyl (C=O) groups is 3. The summed E-state index contributed by atoms with van der Waals surface area (Å²) in [5, 5.41) is 30.4. The zero-order valence-corrected chi connectivity index (χ0v) is 14.7. The normalized spacial score (nSPS) is 13.1. The van der Waals surface area contributed by atoms with Crippen molar-refractivity contribution in [2.45, 2.75) is 39.0 Å². The largest absolute Gasteiger partial charge is 0.508 e. The van der Waals surface area contributed by atoms with Gasteiger partial charge in [0.2, 0.25) is 5.91 Å². The van der Waals surface area contributed by atoms with Crippen LogP contribution in [0.25, 0.3) is 0 Å². The lowest BCUT2D eigenvalue weighted by Gasteiger charge is -2.29. The van der Waals surface area contributed by atoms with Crippen molar-refractivity contribution < 1.29 is 34.4 Å². The SMILES string of the molecule is CC(C)C(=O)NCCCC(N)(OC(=O)C(=O)O)c1ccc(O)c(CO)c1. The fourth-order valence-electron chi connectivity index (χ4n) is 2.21. The number of hydrogen-bond donors (Lipinski definition) is 5. The molecule has 26 heavy (non-hydrogen) atoms. The van der Waals surface area contributed by atoms with Gasteiger partial charge in [-0.25, -0.2) is 9.59 Å². The number of nitrogens with two attached hydrogens (primary N) is 1. The number of carboxylic acids is 1. The molecule has 0 saturated carbocycles. The Hall–Kier alpha value is -2.65. The maximum Gasteiger partial charge on any atom is 0.419 e. The molecule has 6 N–H and O–H groups in total. The van der Waals surface area contributed by atoms with Crippen molar-refractivity contribution >= 4 is 17.8 Å². The molecule has 1 amide bonds. The average molecular weight is 368 g/mol. The van der Waals surface area contributed by atoms with E-state index in [0.717, 1.165) is 0 Å². The van der Waals surface area contributed by atoms with Crippen LogP contribution in [0.15, 0.2) is 18.2 Å². The Balaban J connectivity index is 2.97. The molecule has 9 nitrogen and oxygen atoms in total. The number of amides is 1. The molecule has 9 heteroatoms. The van der Waals surface area contributed by atoms with Crippen molar-refractivity contribution in [2.75, 3.05) is 6.54 Å². The first-order valence-electron chi connectivity index (χ1n) is 8.06. The van der Waals surface area contributed by atoms with Gasteiger partial charge in [0.05, 0.1) is 6.61 Å². The third-order valence-corrected chi connectivity index (χ3v) is 3.74. The predicted molar refractivity (Wildman–Crippen MR) is 90.7 cm³/mol. The second-order valence-corrected chi connectivity index (χ2v) is 6.14. The Kier molecular flexibility index (Phi) is 7.54. The van der Waals surface area contributed by atoms with Gasteiger partial charge in [-0.1, -0.05) is 13.8 Å². The van der Waals surface area contributed by atoms with Crippen LogP contribution in [-0.2, 0) is 31.5 Å². The second kappa shape index (κ2) is 9.16. The number of phenols is 1. The van der Waals surface area contributed by atoms with Crippen LogP contribution in [0.4, 0.5) is 0 Å². The molecule has 1 aromatic carbocycles. The second-order valence-electron chi connectivity index (χ2n) is 6.14. The van der Waals surface area contributed by atoms with Crippen LogP contribution in [-0.4, -0.2) is 39.7 Å². The minimum Gasteiger partial charge on any atom is -0.508 e. The highest BCUT2D eigenvalue weighted by Crippen LogP contribution is 2.29. The summed E-state index contributed by atoms with van der Waals surface area (Å²) in [6.45, 7) is 3.26. The number of esters is 1. The number of benzene rings is 1. The standard InChI is InChI=1S/C17H24N2O7/c1-10(2)14(22)19-7-3-6-17(18,26-16(25)15(23)24)12-4-5-13(21)11(8-12)9-20/h4-5,8,10,20-21H,3,6-7,9,18H2,1-2H3,(H,19,22)(H,23,24). The predicted octanol–water partition coefficient (Wildman–Crippen LogP) is 0.176. The number of carbonyl (C=O) groups excluding carboxylic acids is 2. The Morgan fingerprint density at radius 3 is 2.50 bits per heavy atom. The number of rotatable bonds is 8. The molecule has 1 atom stereocenters. The van der Waals surface area contributed by atoms with Crippen LogP contribution in [0.3, 0.4) is 0 Å². The van der Waals surface area contributed by atoms with Crippen molar-refractivity contribution in [3.63, 3.8) is 0 Å². The van der Waals surface area contributed by atoms with Crippen molar-refractivity contribution in [1.29, 1.82) is 0 Å². The molecular formula is C17H24N2O7. The molecule has 0 aromatic heterocycles. The van der Waals surface area contributed by atoms with Gasteiger partial charge in [-0.15, -0.1) is 0 Å². The first kappa shape index (κ1) is 21.4. The summed E-state index contributed by atoms with van der Waals surface area (Å²) in [5.41, 5.74) is 4.69. The van der Waals surface area contributed by atoms with Crippen molar-refractivity contribution in [3.05, 3.63) is 29.3 Å². The molecule has 0 aliphatic rings. The molecule has 144 valence electrons. The van der Waals surface area contributed by atoms with E-state index in [0.29, 0.717) is 6.42 Å². The first-order valence-corrected chi connectivity index (χ1v) is 8.06. The van der Waals surface area contributed by atoms with E-state index < -0.39 is 24.3 Å². The topological polar surface area (TPSA) is 159 Å². The summed E-state index contributed by atoms with van der Waals surface area (Å²) >= 11 is 0. The fraction of sp³-hybridized carbons (Fsp3) is 0.471. The number of hydrogen-bond acceptors (Lipinski definition) is 7. The van der Waals surface area contributed by atoms with Gasteiger partial charge in [0, 0.05) is 30.0 Å². The number of carboxylic acid groups (broad SMARTS) is 1. The van der Waals surface area contributed by atoms with Gasteiger partial charge in [-0.3, -0.25) is 10.5 Å². The molecule has 0 saturated heterocycles. The quantitative estimate of drug-likeness (QED) is 0.188. The lowest BCUT2D eigenvalue weighted by atomic mass is 9.96. The molecule has 0 aliphatic carbocycles.